The number of fused-ring (bicyclic) bond motifs is 3. The predicted octanol–water partition coefficient (Wildman–Crippen LogP) is 5.42. The van der Waals surface area contributed by atoms with Crippen LogP contribution in [0.3, 0.4) is 0 Å². The van der Waals surface area contributed by atoms with Crippen LogP contribution in [0.2, 0.25) is 5.02 Å². The van der Waals surface area contributed by atoms with Gasteiger partial charge in [-0.25, -0.2) is 0 Å². The fourth-order valence-corrected chi connectivity index (χ4v) is 4.75. The van der Waals surface area contributed by atoms with E-state index in [1.54, 1.807) is 22.8 Å². The molecule has 0 radical (unpaired) electrons. The van der Waals surface area contributed by atoms with Crippen LogP contribution in [0.15, 0.2) is 52.4 Å². The monoisotopic (exact) mass is 511 g/mol. The molecule has 9 heteroatoms. The van der Waals surface area contributed by atoms with Crippen molar-refractivity contribution in [3.8, 4) is 0 Å². The summed E-state index contributed by atoms with van der Waals surface area (Å²) in [4.78, 5) is 26.2. The first-order valence-corrected chi connectivity index (χ1v) is 13.2. The summed E-state index contributed by atoms with van der Waals surface area (Å²) in [5.41, 5.74) is 2.11. The van der Waals surface area contributed by atoms with Crippen LogP contribution in [0.25, 0.3) is 16.7 Å². The Kier molecular flexibility index (Phi) is 7.82. The SMILES string of the molecule is CC(C)CCn1c(=O)c2ccc(C(=O)NCC(C)C)cc2n2c(SCc3ccc(Cl)cc3)nnc12. The molecule has 0 spiro atoms. The Morgan fingerprint density at radius 2 is 1.80 bits per heavy atom. The van der Waals surface area contributed by atoms with Gasteiger partial charge in [0.15, 0.2) is 5.16 Å². The van der Waals surface area contributed by atoms with E-state index in [2.05, 4.69) is 29.4 Å². The summed E-state index contributed by atoms with van der Waals surface area (Å²) in [6, 6.07) is 12.9. The van der Waals surface area contributed by atoms with Gasteiger partial charge in [-0.3, -0.25) is 18.6 Å². The molecular weight excluding hydrogens is 482 g/mol. The second-order valence-electron chi connectivity index (χ2n) is 9.51. The number of carbonyl (C=O) groups is 1. The molecule has 2 aromatic heterocycles. The molecule has 2 heterocycles. The molecular formula is C26H30ClN5O2S. The van der Waals surface area contributed by atoms with Crippen LogP contribution in [0.1, 0.15) is 50.0 Å². The summed E-state index contributed by atoms with van der Waals surface area (Å²) in [5.74, 6) is 1.76. The molecule has 4 rings (SSSR count). The highest BCUT2D eigenvalue weighted by Gasteiger charge is 2.19. The zero-order valence-corrected chi connectivity index (χ0v) is 22.0. The van der Waals surface area contributed by atoms with Crippen molar-refractivity contribution in [2.45, 2.75) is 51.6 Å². The number of nitrogens with zero attached hydrogens (tertiary/aromatic N) is 4. The topological polar surface area (TPSA) is 81.3 Å². The lowest BCUT2D eigenvalue weighted by Gasteiger charge is -2.13. The van der Waals surface area contributed by atoms with Gasteiger partial charge < -0.3 is 5.32 Å². The summed E-state index contributed by atoms with van der Waals surface area (Å²) in [7, 11) is 0. The van der Waals surface area contributed by atoms with E-state index >= 15 is 0 Å². The molecule has 0 aliphatic carbocycles. The van der Waals surface area contributed by atoms with Gasteiger partial charge >= 0.3 is 0 Å². The first-order chi connectivity index (χ1) is 16.7. The highest BCUT2D eigenvalue weighted by Crippen LogP contribution is 2.26. The van der Waals surface area contributed by atoms with Gasteiger partial charge in [-0.15, -0.1) is 10.2 Å². The van der Waals surface area contributed by atoms with Gasteiger partial charge in [-0.2, -0.15) is 0 Å². The fourth-order valence-electron chi connectivity index (χ4n) is 3.73. The van der Waals surface area contributed by atoms with Crippen molar-refractivity contribution < 1.29 is 4.79 Å². The number of hydrogen-bond acceptors (Lipinski definition) is 5. The first kappa shape index (κ1) is 25.3. The summed E-state index contributed by atoms with van der Waals surface area (Å²) in [5, 5.41) is 13.7. The van der Waals surface area contributed by atoms with Crippen molar-refractivity contribution in [1.82, 2.24) is 24.5 Å². The standard InChI is InChI=1S/C26H30ClN5O2S/c1-16(2)11-12-31-24(34)21-10-7-19(23(33)28-14-17(3)4)13-22(21)32-25(31)29-30-26(32)35-15-18-5-8-20(27)9-6-18/h5-10,13,16-17H,11-12,14-15H2,1-4H3,(H,28,33). The third-order valence-corrected chi connectivity index (χ3v) is 6.97. The molecule has 0 bridgehead atoms. The minimum Gasteiger partial charge on any atom is -0.352 e. The lowest BCUT2D eigenvalue weighted by atomic mass is 10.1. The molecule has 0 aliphatic rings. The second kappa shape index (κ2) is 10.8. The Balaban J connectivity index is 1.81. The van der Waals surface area contributed by atoms with E-state index in [9.17, 15) is 9.59 Å². The van der Waals surface area contributed by atoms with E-state index in [0.29, 0.717) is 63.1 Å². The molecule has 2 aromatic carbocycles. The van der Waals surface area contributed by atoms with Crippen LogP contribution >= 0.6 is 23.4 Å². The van der Waals surface area contributed by atoms with Gasteiger partial charge in [0, 0.05) is 29.4 Å². The molecule has 0 unspecified atom stereocenters. The average Bonchev–Trinajstić information content (AvgIpc) is 3.25. The summed E-state index contributed by atoms with van der Waals surface area (Å²) >= 11 is 7.55. The smallest absolute Gasteiger partial charge is 0.262 e. The van der Waals surface area contributed by atoms with E-state index in [-0.39, 0.29) is 11.5 Å². The Bertz CT molecular complexity index is 1410. The van der Waals surface area contributed by atoms with E-state index < -0.39 is 0 Å². The van der Waals surface area contributed by atoms with Gasteiger partial charge in [0.1, 0.15) is 0 Å². The van der Waals surface area contributed by atoms with Crippen LogP contribution in [0.4, 0.5) is 0 Å². The minimum atomic E-state index is -0.166. The fraction of sp³-hybridized carbons (Fsp3) is 0.385. The number of aryl methyl sites for hydroxylation is 1. The van der Waals surface area contributed by atoms with Crippen molar-refractivity contribution in [1.29, 1.82) is 0 Å². The molecule has 184 valence electrons. The average molecular weight is 512 g/mol. The molecule has 1 amide bonds. The number of amides is 1. The van der Waals surface area contributed by atoms with E-state index in [1.807, 2.05) is 42.5 Å². The lowest BCUT2D eigenvalue weighted by Crippen LogP contribution is -2.28. The maximum Gasteiger partial charge on any atom is 0.262 e. The number of benzene rings is 2. The molecule has 4 aromatic rings. The molecule has 35 heavy (non-hydrogen) atoms. The van der Waals surface area contributed by atoms with Crippen LogP contribution < -0.4 is 10.9 Å². The van der Waals surface area contributed by atoms with E-state index in [1.165, 1.54) is 11.8 Å². The van der Waals surface area contributed by atoms with Crippen molar-refractivity contribution in [3.05, 3.63) is 69.0 Å². The van der Waals surface area contributed by atoms with Crippen LogP contribution in [-0.4, -0.2) is 31.6 Å². The van der Waals surface area contributed by atoms with Gasteiger partial charge in [-0.1, -0.05) is 63.2 Å². The third kappa shape index (κ3) is 5.70. The summed E-state index contributed by atoms with van der Waals surface area (Å²) in [6.07, 6.45) is 0.844. The number of nitrogens with one attached hydrogen (secondary N) is 1. The minimum absolute atomic E-state index is 0.121. The summed E-state index contributed by atoms with van der Waals surface area (Å²) < 4.78 is 3.59. The number of halogens is 1. The normalized spacial score (nSPS) is 11.7. The van der Waals surface area contributed by atoms with Gasteiger partial charge in [-0.05, 0) is 54.2 Å². The Hall–Kier alpha value is -2.84. The van der Waals surface area contributed by atoms with Gasteiger partial charge in [0.05, 0.1) is 10.9 Å². The molecule has 0 saturated heterocycles. The van der Waals surface area contributed by atoms with E-state index in [4.69, 9.17) is 11.6 Å². The Labute approximate surface area is 213 Å². The van der Waals surface area contributed by atoms with Crippen molar-refractivity contribution >= 4 is 46.0 Å². The number of thioether (sulfide) groups is 1. The number of hydrogen-bond donors (Lipinski definition) is 1. The van der Waals surface area contributed by atoms with Crippen LogP contribution in [0.5, 0.6) is 0 Å². The molecule has 0 aliphatic heterocycles. The van der Waals surface area contributed by atoms with Crippen molar-refractivity contribution in [2.75, 3.05) is 6.54 Å². The third-order valence-electron chi connectivity index (χ3n) is 5.72. The Morgan fingerprint density at radius 3 is 2.49 bits per heavy atom. The number of rotatable bonds is 9. The van der Waals surface area contributed by atoms with Gasteiger partial charge in [0.2, 0.25) is 5.78 Å². The van der Waals surface area contributed by atoms with Crippen LogP contribution in [0, 0.1) is 11.8 Å². The second-order valence-corrected chi connectivity index (χ2v) is 10.9. The molecule has 7 nitrogen and oxygen atoms in total. The van der Waals surface area contributed by atoms with Gasteiger partial charge in [0.25, 0.3) is 11.5 Å². The van der Waals surface area contributed by atoms with Crippen LogP contribution in [-0.2, 0) is 12.3 Å². The van der Waals surface area contributed by atoms with E-state index in [0.717, 1.165) is 12.0 Å². The maximum absolute atomic E-state index is 13.4. The highest BCUT2D eigenvalue weighted by molar-refractivity contribution is 7.98. The molecule has 0 saturated carbocycles. The number of carbonyl (C=O) groups excluding carboxylic acids is 1. The molecule has 0 fully saturated rings. The quantitative estimate of drug-likeness (QED) is 0.303. The first-order valence-electron chi connectivity index (χ1n) is 11.8. The van der Waals surface area contributed by atoms with Crippen molar-refractivity contribution in [2.24, 2.45) is 11.8 Å². The maximum atomic E-state index is 13.4. The molecule has 1 N–H and O–H groups in total. The van der Waals surface area contributed by atoms with Crippen molar-refractivity contribution in [3.63, 3.8) is 0 Å². The number of aromatic nitrogens is 4. The predicted molar refractivity (Wildman–Crippen MR) is 142 cm³/mol. The summed E-state index contributed by atoms with van der Waals surface area (Å²) in [6.45, 7) is 9.48. The highest BCUT2D eigenvalue weighted by atomic mass is 35.5. The Morgan fingerprint density at radius 1 is 1.06 bits per heavy atom. The molecule has 0 atom stereocenters. The zero-order chi connectivity index (χ0) is 25.1. The lowest BCUT2D eigenvalue weighted by molar-refractivity contribution is 0.0949. The zero-order valence-electron chi connectivity index (χ0n) is 20.4. The largest absolute Gasteiger partial charge is 0.352 e.